The van der Waals surface area contributed by atoms with Gasteiger partial charge in [-0.2, -0.15) is 0 Å². The standard InChI is InChI=1S/C8H7ClO4/c9-8-5(10)2-1-3-6(8)13-4-7(11)12/h1-3,10H,4H2,(H,11,12). The number of carbonyl (C=O) groups is 1. The molecule has 0 aliphatic heterocycles. The van der Waals surface area contributed by atoms with Gasteiger partial charge in [0.25, 0.3) is 0 Å². The summed E-state index contributed by atoms with van der Waals surface area (Å²) in [5.41, 5.74) is 0. The van der Waals surface area contributed by atoms with Gasteiger partial charge in [-0.25, -0.2) is 4.79 Å². The maximum Gasteiger partial charge on any atom is 0.341 e. The predicted octanol–water partition coefficient (Wildman–Crippen LogP) is 1.51. The van der Waals surface area contributed by atoms with Crippen molar-refractivity contribution in [2.45, 2.75) is 0 Å². The molecule has 0 spiro atoms. The van der Waals surface area contributed by atoms with E-state index in [0.717, 1.165) is 0 Å². The van der Waals surface area contributed by atoms with Crippen LogP contribution in [0.25, 0.3) is 0 Å². The molecule has 0 saturated carbocycles. The van der Waals surface area contributed by atoms with Crippen molar-refractivity contribution in [1.82, 2.24) is 0 Å². The van der Waals surface area contributed by atoms with E-state index in [4.69, 9.17) is 26.6 Å². The molecule has 0 radical (unpaired) electrons. The lowest BCUT2D eigenvalue weighted by molar-refractivity contribution is -0.139. The zero-order valence-electron chi connectivity index (χ0n) is 6.53. The summed E-state index contributed by atoms with van der Waals surface area (Å²) in [6.07, 6.45) is 0. The number of phenolic OH excluding ortho intramolecular Hbond substituents is 1. The second kappa shape index (κ2) is 4.00. The Morgan fingerprint density at radius 1 is 1.54 bits per heavy atom. The van der Waals surface area contributed by atoms with E-state index >= 15 is 0 Å². The topological polar surface area (TPSA) is 66.8 Å². The fourth-order valence-corrected chi connectivity index (χ4v) is 0.931. The highest BCUT2D eigenvalue weighted by Crippen LogP contribution is 2.32. The third kappa shape index (κ3) is 2.52. The lowest BCUT2D eigenvalue weighted by Crippen LogP contribution is -2.09. The molecule has 0 fully saturated rings. The maximum atomic E-state index is 10.1. The second-order valence-corrected chi connectivity index (χ2v) is 2.65. The number of hydrogen-bond donors (Lipinski definition) is 2. The van der Waals surface area contributed by atoms with Gasteiger partial charge in [0.2, 0.25) is 0 Å². The number of carboxylic acid groups (broad SMARTS) is 1. The van der Waals surface area contributed by atoms with E-state index in [-0.39, 0.29) is 16.5 Å². The zero-order chi connectivity index (χ0) is 9.84. The molecule has 0 amide bonds. The van der Waals surface area contributed by atoms with Crippen LogP contribution in [0.15, 0.2) is 18.2 Å². The number of carboxylic acids is 1. The summed E-state index contributed by atoms with van der Waals surface area (Å²) in [7, 11) is 0. The highest BCUT2D eigenvalue weighted by Gasteiger charge is 2.07. The molecule has 0 aliphatic carbocycles. The Hall–Kier alpha value is -1.42. The highest BCUT2D eigenvalue weighted by atomic mass is 35.5. The van der Waals surface area contributed by atoms with Crippen LogP contribution >= 0.6 is 11.6 Å². The third-order valence-electron chi connectivity index (χ3n) is 1.29. The summed E-state index contributed by atoms with van der Waals surface area (Å²) in [6, 6.07) is 4.37. The zero-order valence-corrected chi connectivity index (χ0v) is 7.28. The molecule has 0 unspecified atom stereocenters. The second-order valence-electron chi connectivity index (χ2n) is 2.27. The van der Waals surface area contributed by atoms with E-state index in [1.807, 2.05) is 0 Å². The number of hydrogen-bond acceptors (Lipinski definition) is 3. The predicted molar refractivity (Wildman–Crippen MR) is 46.2 cm³/mol. The van der Waals surface area contributed by atoms with Gasteiger partial charge in [-0.05, 0) is 12.1 Å². The van der Waals surface area contributed by atoms with Gasteiger partial charge in [-0.3, -0.25) is 0 Å². The van der Waals surface area contributed by atoms with Crippen LogP contribution in [0.1, 0.15) is 0 Å². The maximum absolute atomic E-state index is 10.1. The normalized spacial score (nSPS) is 9.62. The van der Waals surface area contributed by atoms with Gasteiger partial charge < -0.3 is 14.9 Å². The van der Waals surface area contributed by atoms with E-state index in [1.54, 1.807) is 0 Å². The first-order chi connectivity index (χ1) is 6.11. The molecule has 70 valence electrons. The van der Waals surface area contributed by atoms with Gasteiger partial charge >= 0.3 is 5.97 Å². The molecular weight excluding hydrogens is 196 g/mol. The van der Waals surface area contributed by atoms with Crippen LogP contribution in [-0.4, -0.2) is 22.8 Å². The van der Waals surface area contributed by atoms with Crippen LogP contribution in [0.5, 0.6) is 11.5 Å². The molecule has 1 aromatic rings. The Kier molecular flexibility index (Phi) is 2.97. The van der Waals surface area contributed by atoms with Gasteiger partial charge in [0.1, 0.15) is 16.5 Å². The molecule has 0 aromatic heterocycles. The first kappa shape index (κ1) is 9.67. The molecule has 1 aromatic carbocycles. The van der Waals surface area contributed by atoms with Crippen molar-refractivity contribution in [2.24, 2.45) is 0 Å². The van der Waals surface area contributed by atoms with Crippen molar-refractivity contribution in [2.75, 3.05) is 6.61 Å². The van der Waals surface area contributed by atoms with E-state index in [1.165, 1.54) is 18.2 Å². The largest absolute Gasteiger partial charge is 0.506 e. The first-order valence-corrected chi connectivity index (χ1v) is 3.81. The summed E-state index contributed by atoms with van der Waals surface area (Å²) in [5, 5.41) is 17.4. The Labute approximate surface area is 79.3 Å². The van der Waals surface area contributed by atoms with Crippen LogP contribution in [0.3, 0.4) is 0 Å². The molecule has 2 N–H and O–H groups in total. The average molecular weight is 203 g/mol. The molecule has 13 heavy (non-hydrogen) atoms. The highest BCUT2D eigenvalue weighted by molar-refractivity contribution is 6.33. The van der Waals surface area contributed by atoms with E-state index in [9.17, 15) is 4.79 Å². The Morgan fingerprint density at radius 3 is 2.85 bits per heavy atom. The van der Waals surface area contributed by atoms with Crippen molar-refractivity contribution >= 4 is 17.6 Å². The van der Waals surface area contributed by atoms with Crippen molar-refractivity contribution in [3.63, 3.8) is 0 Å². The van der Waals surface area contributed by atoms with Crippen LogP contribution in [-0.2, 0) is 4.79 Å². The quantitative estimate of drug-likeness (QED) is 0.780. The van der Waals surface area contributed by atoms with Gasteiger partial charge in [0.15, 0.2) is 6.61 Å². The Bertz CT molecular complexity index is 324. The van der Waals surface area contributed by atoms with Crippen molar-refractivity contribution < 1.29 is 19.7 Å². The minimum atomic E-state index is -1.10. The fourth-order valence-electron chi connectivity index (χ4n) is 0.750. The lowest BCUT2D eigenvalue weighted by atomic mass is 10.3. The summed E-state index contributed by atoms with van der Waals surface area (Å²) in [6.45, 7) is -0.483. The minimum Gasteiger partial charge on any atom is -0.506 e. The number of benzene rings is 1. The molecule has 1 rings (SSSR count). The number of ether oxygens (including phenoxy) is 1. The van der Waals surface area contributed by atoms with E-state index in [2.05, 4.69) is 0 Å². The number of phenols is 1. The van der Waals surface area contributed by atoms with Gasteiger partial charge in [0, 0.05) is 0 Å². The van der Waals surface area contributed by atoms with Gasteiger partial charge in [0.05, 0.1) is 0 Å². The summed E-state index contributed by atoms with van der Waals surface area (Å²) < 4.78 is 4.79. The first-order valence-electron chi connectivity index (χ1n) is 3.43. The summed E-state index contributed by atoms with van der Waals surface area (Å²) >= 11 is 5.61. The minimum absolute atomic E-state index is 0.0174. The van der Waals surface area contributed by atoms with Crippen molar-refractivity contribution in [3.05, 3.63) is 23.2 Å². The van der Waals surface area contributed by atoms with Crippen LogP contribution in [0.4, 0.5) is 0 Å². The van der Waals surface area contributed by atoms with Crippen LogP contribution < -0.4 is 4.74 Å². The summed E-state index contributed by atoms with van der Waals surface area (Å²) in [5.74, 6) is -1.08. The van der Waals surface area contributed by atoms with Crippen LogP contribution in [0, 0.1) is 0 Å². The fraction of sp³-hybridized carbons (Fsp3) is 0.125. The Morgan fingerprint density at radius 2 is 2.23 bits per heavy atom. The smallest absolute Gasteiger partial charge is 0.341 e. The number of aliphatic carboxylic acids is 1. The number of halogens is 1. The van der Waals surface area contributed by atoms with E-state index < -0.39 is 12.6 Å². The number of rotatable bonds is 3. The van der Waals surface area contributed by atoms with Gasteiger partial charge in [-0.1, -0.05) is 17.7 Å². The number of aromatic hydroxyl groups is 1. The molecular formula is C8H7ClO4. The monoisotopic (exact) mass is 202 g/mol. The lowest BCUT2D eigenvalue weighted by Gasteiger charge is -2.05. The van der Waals surface area contributed by atoms with Crippen LogP contribution in [0.2, 0.25) is 5.02 Å². The molecule has 4 nitrogen and oxygen atoms in total. The molecule has 0 saturated heterocycles. The molecule has 0 bridgehead atoms. The molecule has 5 heteroatoms. The van der Waals surface area contributed by atoms with Gasteiger partial charge in [-0.15, -0.1) is 0 Å². The average Bonchev–Trinajstić information content (AvgIpc) is 2.07. The molecule has 0 atom stereocenters. The van der Waals surface area contributed by atoms with Crippen molar-refractivity contribution in [1.29, 1.82) is 0 Å². The molecule has 0 aliphatic rings. The van der Waals surface area contributed by atoms with Crippen molar-refractivity contribution in [3.8, 4) is 11.5 Å². The summed E-state index contributed by atoms with van der Waals surface area (Å²) in [4.78, 5) is 10.1. The molecule has 0 heterocycles. The third-order valence-corrected chi connectivity index (χ3v) is 1.67. The SMILES string of the molecule is O=C(O)COc1cccc(O)c1Cl. The Balaban J connectivity index is 2.77. The van der Waals surface area contributed by atoms with E-state index in [0.29, 0.717) is 0 Å².